The number of nitrogens with zero attached hydrogens (tertiary/aromatic N) is 1. The van der Waals surface area contributed by atoms with Crippen molar-refractivity contribution in [2.24, 2.45) is 0 Å². The molecule has 172 valence electrons. The van der Waals surface area contributed by atoms with Gasteiger partial charge in [-0.15, -0.1) is 0 Å². The van der Waals surface area contributed by atoms with Crippen molar-refractivity contribution < 1.29 is 101 Å². The third kappa shape index (κ3) is 7.47. The molecule has 0 aliphatic rings. The molecule has 0 unspecified atom stereocenters. The molecule has 2 heterocycles. The molecule has 0 spiro atoms. The summed E-state index contributed by atoms with van der Waals surface area (Å²) < 4.78 is 41.0. The van der Waals surface area contributed by atoms with E-state index < -0.39 is 39.0 Å². The SMILES string of the molecule is CCCc1c2oc(C(=O)O)cc(=O)c2cc2c(=O)cc(C(=O)O)n(CC)c12.O=S(=O)([O-])[O-].[Na+].[Na+]. The van der Waals surface area contributed by atoms with Gasteiger partial charge in [0.25, 0.3) is 0 Å². The van der Waals surface area contributed by atoms with Crippen molar-refractivity contribution >= 4 is 44.2 Å². The molecule has 0 aliphatic carbocycles. The predicted octanol–water partition coefficient (Wildman–Crippen LogP) is -4.85. The van der Waals surface area contributed by atoms with Crippen LogP contribution in [0, 0.1) is 0 Å². The Kier molecular flexibility index (Phi) is 12.4. The van der Waals surface area contributed by atoms with Crippen molar-refractivity contribution in [2.75, 3.05) is 0 Å². The molecule has 0 radical (unpaired) electrons. The van der Waals surface area contributed by atoms with E-state index in [1.165, 1.54) is 10.6 Å². The first-order chi connectivity index (χ1) is 14.8. The standard InChI is InChI=1S/C19H17NO7.2Na.H2O4S/c1-3-5-9-16-10(13(21)7-12(18(23)24)20(16)4-2)6-11-14(22)8-15(19(25)26)27-17(9)11;;;1-5(2,3)4/h6-8H,3-5H2,1-2H3,(H,23,24)(H,25,26);;;(H2,1,2,3,4)/q;2*+1;/p-2. The van der Waals surface area contributed by atoms with Crippen LogP contribution in [-0.2, 0) is 23.4 Å². The Morgan fingerprint density at radius 3 is 1.94 bits per heavy atom. The third-order valence-corrected chi connectivity index (χ3v) is 4.43. The fourth-order valence-electron chi connectivity index (χ4n) is 3.34. The van der Waals surface area contributed by atoms with Crippen LogP contribution in [0.4, 0.5) is 0 Å². The van der Waals surface area contributed by atoms with Gasteiger partial charge in [-0.2, -0.15) is 0 Å². The average molecular weight is 513 g/mol. The van der Waals surface area contributed by atoms with Gasteiger partial charge in [-0.3, -0.25) is 18.0 Å². The summed E-state index contributed by atoms with van der Waals surface area (Å²) in [5.74, 6) is -3.15. The molecule has 0 saturated heterocycles. The van der Waals surface area contributed by atoms with Crippen molar-refractivity contribution in [1.82, 2.24) is 4.57 Å². The van der Waals surface area contributed by atoms with E-state index in [1.807, 2.05) is 6.92 Å². The average Bonchev–Trinajstić information content (AvgIpc) is 2.67. The molecular weight excluding hydrogens is 496 g/mol. The molecule has 0 saturated carbocycles. The second-order valence-corrected chi connectivity index (χ2v) is 7.33. The number of benzene rings is 1. The molecule has 3 aromatic rings. The van der Waals surface area contributed by atoms with Crippen LogP contribution in [-0.4, -0.2) is 44.2 Å². The number of pyridine rings is 1. The molecule has 0 amide bonds. The van der Waals surface area contributed by atoms with Crippen molar-refractivity contribution in [3.05, 3.63) is 55.7 Å². The number of carbonyl (C=O) groups is 2. The number of hydrogen-bond acceptors (Lipinski definition) is 9. The zero-order valence-corrected chi connectivity index (χ0v) is 23.6. The van der Waals surface area contributed by atoms with E-state index in [2.05, 4.69) is 0 Å². The Bertz CT molecular complexity index is 1450. The van der Waals surface area contributed by atoms with Gasteiger partial charge in [0.1, 0.15) is 11.3 Å². The van der Waals surface area contributed by atoms with Crippen LogP contribution in [0.5, 0.6) is 0 Å². The molecule has 0 atom stereocenters. The van der Waals surface area contributed by atoms with Gasteiger partial charge in [0, 0.05) is 40.0 Å². The number of fused-ring (bicyclic) bond motifs is 2. The van der Waals surface area contributed by atoms with E-state index in [-0.39, 0.29) is 87.7 Å². The summed E-state index contributed by atoms with van der Waals surface area (Å²) in [6.45, 7) is 3.88. The quantitative estimate of drug-likeness (QED) is 0.143. The monoisotopic (exact) mass is 513 g/mol. The molecule has 3 rings (SSSR count). The largest absolute Gasteiger partial charge is 1.00 e. The van der Waals surface area contributed by atoms with Crippen LogP contribution in [0.25, 0.3) is 21.9 Å². The molecule has 15 heteroatoms. The molecule has 0 bridgehead atoms. The maximum atomic E-state index is 12.6. The van der Waals surface area contributed by atoms with Gasteiger partial charge in [-0.1, -0.05) is 13.3 Å². The van der Waals surface area contributed by atoms with Gasteiger partial charge in [-0.25, -0.2) is 9.59 Å². The first-order valence-corrected chi connectivity index (χ1v) is 10.4. The summed E-state index contributed by atoms with van der Waals surface area (Å²) in [7, 11) is -5.17. The zero-order valence-electron chi connectivity index (χ0n) is 18.8. The van der Waals surface area contributed by atoms with E-state index in [0.29, 0.717) is 23.9 Å². The van der Waals surface area contributed by atoms with Gasteiger partial charge in [0.2, 0.25) is 5.76 Å². The van der Waals surface area contributed by atoms with Gasteiger partial charge < -0.3 is 28.3 Å². The van der Waals surface area contributed by atoms with Crippen LogP contribution in [0.2, 0.25) is 0 Å². The predicted molar refractivity (Wildman–Crippen MR) is 108 cm³/mol. The molecule has 1 aromatic carbocycles. The summed E-state index contributed by atoms with van der Waals surface area (Å²) in [5, 5.41) is 19.0. The fourth-order valence-corrected chi connectivity index (χ4v) is 3.34. The minimum atomic E-state index is -5.17. The normalized spacial score (nSPS) is 10.6. The number of aromatic nitrogens is 1. The van der Waals surface area contributed by atoms with E-state index in [4.69, 9.17) is 21.9 Å². The minimum absolute atomic E-state index is 0. The Hall–Kier alpha value is -1.55. The van der Waals surface area contributed by atoms with Gasteiger partial charge in [0.15, 0.2) is 10.9 Å². The first-order valence-electron chi connectivity index (χ1n) is 9.10. The third-order valence-electron chi connectivity index (χ3n) is 4.43. The van der Waals surface area contributed by atoms with Crippen LogP contribution in [0.3, 0.4) is 0 Å². The topological polar surface area (TPSA) is 207 Å². The summed E-state index contributed by atoms with van der Waals surface area (Å²) in [6.07, 6.45) is 0.993. The van der Waals surface area contributed by atoms with Crippen LogP contribution >= 0.6 is 0 Å². The second-order valence-electron chi connectivity index (χ2n) is 6.51. The smallest absolute Gasteiger partial charge is 0.759 e. The van der Waals surface area contributed by atoms with Crippen LogP contribution < -0.4 is 70.0 Å². The summed E-state index contributed by atoms with van der Waals surface area (Å²) in [4.78, 5) is 47.9. The maximum Gasteiger partial charge on any atom is 1.00 e. The number of aromatic carboxylic acids is 2. The number of rotatable bonds is 5. The molecule has 0 aliphatic heterocycles. The number of aryl methyl sites for hydroxylation is 2. The van der Waals surface area contributed by atoms with Gasteiger partial charge in [-0.05, 0) is 19.4 Å². The molecule has 34 heavy (non-hydrogen) atoms. The molecule has 2 aromatic heterocycles. The summed E-state index contributed by atoms with van der Waals surface area (Å²) >= 11 is 0. The van der Waals surface area contributed by atoms with E-state index >= 15 is 0 Å². The van der Waals surface area contributed by atoms with Crippen molar-refractivity contribution in [3.8, 4) is 0 Å². The van der Waals surface area contributed by atoms with E-state index in [1.54, 1.807) is 6.92 Å². The zero-order chi connectivity index (χ0) is 24.4. The second kappa shape index (κ2) is 13.0. The molecule has 2 N–H and O–H groups in total. The van der Waals surface area contributed by atoms with Crippen molar-refractivity contribution in [2.45, 2.75) is 33.2 Å². The van der Waals surface area contributed by atoms with E-state index in [0.717, 1.165) is 12.1 Å². The number of carboxylic acid groups (broad SMARTS) is 2. The number of hydrogen-bond donors (Lipinski definition) is 2. The van der Waals surface area contributed by atoms with Gasteiger partial charge >= 0.3 is 71.1 Å². The maximum absolute atomic E-state index is 12.6. The van der Waals surface area contributed by atoms with Crippen LogP contribution in [0.1, 0.15) is 46.9 Å². The van der Waals surface area contributed by atoms with Crippen molar-refractivity contribution in [3.63, 3.8) is 0 Å². The fraction of sp³-hybridized carbons (Fsp3) is 0.263. The summed E-state index contributed by atoms with van der Waals surface area (Å²) in [5.41, 5.74) is -0.401. The molecular formula is C19H17NNa2O11S. The Labute approximate surface area is 236 Å². The van der Waals surface area contributed by atoms with Gasteiger partial charge in [0.05, 0.1) is 10.9 Å². The minimum Gasteiger partial charge on any atom is -0.759 e. The summed E-state index contributed by atoms with van der Waals surface area (Å²) in [6, 6.07) is 3.25. The first kappa shape index (κ1) is 32.5. The van der Waals surface area contributed by atoms with E-state index in [9.17, 15) is 29.4 Å². The molecule has 0 fully saturated rings. The Morgan fingerprint density at radius 2 is 1.50 bits per heavy atom. The number of carboxylic acids is 2. The molecule has 12 nitrogen and oxygen atoms in total. The Morgan fingerprint density at radius 1 is 0.971 bits per heavy atom. The van der Waals surface area contributed by atoms with Crippen molar-refractivity contribution in [1.29, 1.82) is 0 Å². The van der Waals surface area contributed by atoms with Crippen LogP contribution in [0.15, 0.2) is 32.2 Å². The Balaban J connectivity index is 0.00000141.